The molecule has 7 heteroatoms. The highest BCUT2D eigenvalue weighted by atomic mass is 32.1. The SMILES string of the molecule is O=C(CCCNC(=O)c1ccc(F)cc1F)Nc1ccccc1-c1cccs1. The minimum atomic E-state index is -0.916. The van der Waals surface area contributed by atoms with Gasteiger partial charge in [-0.2, -0.15) is 0 Å². The van der Waals surface area contributed by atoms with Gasteiger partial charge in [0.1, 0.15) is 11.6 Å². The largest absolute Gasteiger partial charge is 0.352 e. The smallest absolute Gasteiger partial charge is 0.254 e. The van der Waals surface area contributed by atoms with E-state index >= 15 is 0 Å². The van der Waals surface area contributed by atoms with E-state index in [4.69, 9.17) is 0 Å². The van der Waals surface area contributed by atoms with Crippen LogP contribution in [0.5, 0.6) is 0 Å². The van der Waals surface area contributed by atoms with Crippen molar-refractivity contribution in [1.29, 1.82) is 0 Å². The number of carbonyl (C=O) groups excluding carboxylic acids is 2. The Morgan fingerprint density at radius 1 is 1.00 bits per heavy atom. The first kappa shape index (κ1) is 19.7. The highest BCUT2D eigenvalue weighted by Crippen LogP contribution is 2.31. The Balaban J connectivity index is 1.49. The predicted molar refractivity (Wildman–Crippen MR) is 106 cm³/mol. The number of para-hydroxylation sites is 1. The lowest BCUT2D eigenvalue weighted by atomic mass is 10.1. The zero-order valence-electron chi connectivity index (χ0n) is 14.9. The van der Waals surface area contributed by atoms with Crippen LogP contribution in [-0.2, 0) is 4.79 Å². The molecule has 144 valence electrons. The van der Waals surface area contributed by atoms with Crippen LogP contribution < -0.4 is 10.6 Å². The number of benzene rings is 2. The summed E-state index contributed by atoms with van der Waals surface area (Å²) < 4.78 is 26.5. The van der Waals surface area contributed by atoms with E-state index in [1.807, 2.05) is 41.8 Å². The number of nitrogens with one attached hydrogen (secondary N) is 2. The summed E-state index contributed by atoms with van der Waals surface area (Å²) in [7, 11) is 0. The summed E-state index contributed by atoms with van der Waals surface area (Å²) in [5, 5.41) is 7.39. The molecule has 0 atom stereocenters. The number of rotatable bonds is 7. The molecule has 0 fully saturated rings. The fourth-order valence-corrected chi connectivity index (χ4v) is 3.44. The lowest BCUT2D eigenvalue weighted by Crippen LogP contribution is -2.26. The average molecular weight is 400 g/mol. The monoisotopic (exact) mass is 400 g/mol. The first-order valence-electron chi connectivity index (χ1n) is 8.70. The Bertz CT molecular complexity index is 974. The van der Waals surface area contributed by atoms with E-state index in [1.54, 1.807) is 11.3 Å². The van der Waals surface area contributed by atoms with Gasteiger partial charge < -0.3 is 10.6 Å². The summed E-state index contributed by atoms with van der Waals surface area (Å²) in [5.74, 6) is -2.47. The van der Waals surface area contributed by atoms with Crippen molar-refractivity contribution in [2.24, 2.45) is 0 Å². The second-order valence-corrected chi connectivity index (χ2v) is 7.00. The molecule has 4 nitrogen and oxygen atoms in total. The number of halogens is 2. The number of hydrogen-bond donors (Lipinski definition) is 2. The highest BCUT2D eigenvalue weighted by molar-refractivity contribution is 7.13. The number of carbonyl (C=O) groups is 2. The van der Waals surface area contributed by atoms with Gasteiger partial charge in [0.05, 0.1) is 5.56 Å². The van der Waals surface area contributed by atoms with Crippen molar-refractivity contribution in [3.8, 4) is 10.4 Å². The molecule has 0 saturated carbocycles. The maximum Gasteiger partial charge on any atom is 0.254 e. The van der Waals surface area contributed by atoms with Crippen LogP contribution in [0, 0.1) is 11.6 Å². The molecule has 0 radical (unpaired) electrons. The predicted octanol–water partition coefficient (Wildman–Crippen LogP) is 4.84. The lowest BCUT2D eigenvalue weighted by molar-refractivity contribution is -0.116. The van der Waals surface area contributed by atoms with E-state index in [2.05, 4.69) is 10.6 Å². The molecular weight excluding hydrogens is 382 g/mol. The fraction of sp³-hybridized carbons (Fsp3) is 0.143. The third-order valence-electron chi connectivity index (χ3n) is 4.03. The van der Waals surface area contributed by atoms with Gasteiger partial charge in [0.2, 0.25) is 5.91 Å². The van der Waals surface area contributed by atoms with Crippen LogP contribution in [-0.4, -0.2) is 18.4 Å². The van der Waals surface area contributed by atoms with Gasteiger partial charge in [0.15, 0.2) is 0 Å². The Morgan fingerprint density at radius 3 is 2.57 bits per heavy atom. The normalized spacial score (nSPS) is 10.5. The Labute approximate surface area is 165 Å². The Morgan fingerprint density at radius 2 is 1.82 bits per heavy atom. The zero-order valence-corrected chi connectivity index (χ0v) is 15.7. The van der Waals surface area contributed by atoms with Gasteiger partial charge >= 0.3 is 0 Å². The van der Waals surface area contributed by atoms with Crippen LogP contribution in [0.15, 0.2) is 60.0 Å². The molecule has 0 aliphatic heterocycles. The van der Waals surface area contributed by atoms with E-state index in [1.165, 1.54) is 0 Å². The first-order chi connectivity index (χ1) is 13.5. The Hall–Kier alpha value is -3.06. The number of anilines is 1. The molecule has 0 spiro atoms. The van der Waals surface area contributed by atoms with Gasteiger partial charge in [-0.25, -0.2) is 8.78 Å². The van der Waals surface area contributed by atoms with Gasteiger partial charge in [0.25, 0.3) is 5.91 Å². The summed E-state index contributed by atoms with van der Waals surface area (Å²) in [4.78, 5) is 25.2. The van der Waals surface area contributed by atoms with Crippen molar-refractivity contribution < 1.29 is 18.4 Å². The van der Waals surface area contributed by atoms with E-state index in [0.717, 1.165) is 28.3 Å². The number of amides is 2. The lowest BCUT2D eigenvalue weighted by Gasteiger charge is -2.10. The van der Waals surface area contributed by atoms with Crippen LogP contribution in [0.2, 0.25) is 0 Å². The third kappa shape index (κ3) is 5.01. The van der Waals surface area contributed by atoms with Crippen molar-refractivity contribution in [3.05, 3.63) is 77.2 Å². The first-order valence-corrected chi connectivity index (χ1v) is 9.58. The van der Waals surface area contributed by atoms with Gasteiger partial charge in [-0.1, -0.05) is 24.3 Å². The van der Waals surface area contributed by atoms with Crippen LogP contribution in [0.4, 0.5) is 14.5 Å². The third-order valence-corrected chi connectivity index (χ3v) is 4.93. The van der Waals surface area contributed by atoms with Crippen molar-refractivity contribution in [2.75, 3.05) is 11.9 Å². The summed E-state index contributed by atoms with van der Waals surface area (Å²) in [6, 6.07) is 14.3. The molecule has 0 aliphatic carbocycles. The second kappa shape index (κ2) is 9.23. The van der Waals surface area contributed by atoms with Crippen molar-refractivity contribution >= 4 is 28.8 Å². The van der Waals surface area contributed by atoms with Crippen LogP contribution in [0.3, 0.4) is 0 Å². The molecule has 2 aromatic carbocycles. The summed E-state index contributed by atoms with van der Waals surface area (Å²) in [6.07, 6.45) is 0.590. The number of thiophene rings is 1. The topological polar surface area (TPSA) is 58.2 Å². The molecule has 0 saturated heterocycles. The molecule has 0 bridgehead atoms. The molecule has 1 heterocycles. The summed E-state index contributed by atoms with van der Waals surface area (Å²) >= 11 is 1.59. The van der Waals surface area contributed by atoms with Gasteiger partial charge in [-0.15, -0.1) is 11.3 Å². The quantitative estimate of drug-likeness (QED) is 0.558. The molecule has 1 aromatic heterocycles. The van der Waals surface area contributed by atoms with Crippen molar-refractivity contribution in [3.63, 3.8) is 0 Å². The van der Waals surface area contributed by atoms with E-state index in [9.17, 15) is 18.4 Å². The van der Waals surface area contributed by atoms with Crippen LogP contribution >= 0.6 is 11.3 Å². The maximum atomic E-state index is 13.6. The van der Waals surface area contributed by atoms with Crippen molar-refractivity contribution in [1.82, 2.24) is 5.32 Å². The molecular formula is C21H18F2N2O2S. The molecule has 0 aliphatic rings. The van der Waals surface area contributed by atoms with E-state index in [0.29, 0.717) is 12.5 Å². The molecule has 2 amide bonds. The van der Waals surface area contributed by atoms with Crippen LogP contribution in [0.25, 0.3) is 10.4 Å². The highest BCUT2D eigenvalue weighted by Gasteiger charge is 2.13. The fourth-order valence-electron chi connectivity index (χ4n) is 2.67. The van der Waals surface area contributed by atoms with Crippen molar-refractivity contribution in [2.45, 2.75) is 12.8 Å². The standard InChI is InChI=1S/C21H18F2N2O2S/c22-14-9-10-15(17(23)13-14)21(27)24-11-3-8-20(26)25-18-6-2-1-5-16(18)19-7-4-12-28-19/h1-2,4-7,9-10,12-13H,3,8,11H2,(H,24,27)(H,25,26). The summed E-state index contributed by atoms with van der Waals surface area (Å²) in [6.45, 7) is 0.204. The van der Waals surface area contributed by atoms with E-state index in [-0.39, 0.29) is 24.4 Å². The molecule has 28 heavy (non-hydrogen) atoms. The minimum Gasteiger partial charge on any atom is -0.352 e. The summed E-state index contributed by atoms with van der Waals surface area (Å²) in [5.41, 5.74) is 1.45. The second-order valence-electron chi connectivity index (χ2n) is 6.05. The molecule has 2 N–H and O–H groups in total. The van der Waals surface area contributed by atoms with E-state index < -0.39 is 17.5 Å². The maximum absolute atomic E-state index is 13.6. The molecule has 0 unspecified atom stereocenters. The average Bonchev–Trinajstić information content (AvgIpc) is 3.20. The molecule has 3 rings (SSSR count). The van der Waals surface area contributed by atoms with Gasteiger partial charge in [0, 0.05) is 35.2 Å². The minimum absolute atomic E-state index is 0.175. The zero-order chi connectivity index (χ0) is 19.9. The van der Waals surface area contributed by atoms with Gasteiger partial charge in [-0.3, -0.25) is 9.59 Å². The van der Waals surface area contributed by atoms with Crippen LogP contribution in [0.1, 0.15) is 23.2 Å². The van der Waals surface area contributed by atoms with Gasteiger partial charge in [-0.05, 0) is 36.1 Å². The Kier molecular flexibility index (Phi) is 6.49. The molecule has 3 aromatic rings. The number of hydrogen-bond acceptors (Lipinski definition) is 3.